The van der Waals surface area contributed by atoms with Crippen LogP contribution in [0.2, 0.25) is 0 Å². The van der Waals surface area contributed by atoms with Crippen LogP contribution in [0.15, 0.2) is 41.2 Å². The molecule has 1 saturated heterocycles. The van der Waals surface area contributed by atoms with E-state index in [1.807, 2.05) is 4.90 Å². The van der Waals surface area contributed by atoms with Crippen molar-refractivity contribution in [2.45, 2.75) is 42.6 Å². The van der Waals surface area contributed by atoms with Gasteiger partial charge < -0.3 is 26.8 Å². The zero-order valence-electron chi connectivity index (χ0n) is 18.9. The summed E-state index contributed by atoms with van der Waals surface area (Å²) in [6.45, 7) is 1.39. The average Bonchev–Trinajstić information content (AvgIpc) is 3.01. The number of amides is 1. The van der Waals surface area contributed by atoms with Crippen molar-refractivity contribution in [2.24, 2.45) is 11.5 Å². The normalized spacial score (nSPS) is 18.2. The van der Waals surface area contributed by atoms with Gasteiger partial charge in [0.15, 0.2) is 0 Å². The molecule has 6 N–H and O–H groups in total. The molecule has 4 heterocycles. The van der Waals surface area contributed by atoms with Crippen LogP contribution in [0.1, 0.15) is 42.1 Å². The van der Waals surface area contributed by atoms with Crippen molar-refractivity contribution in [3.8, 4) is 0 Å². The Morgan fingerprint density at radius 3 is 2.60 bits per heavy atom. The van der Waals surface area contributed by atoms with Gasteiger partial charge in [0.05, 0.1) is 17.4 Å². The van der Waals surface area contributed by atoms with Crippen LogP contribution in [0.5, 0.6) is 0 Å². The molecule has 0 aromatic carbocycles. The number of halogens is 3. The third kappa shape index (κ3) is 5.71. The number of piperidine rings is 1. The number of anilines is 1. The lowest BCUT2D eigenvalue weighted by atomic mass is 10.00. The highest BCUT2D eigenvalue weighted by Gasteiger charge is 2.38. The molecule has 0 spiro atoms. The van der Waals surface area contributed by atoms with E-state index in [9.17, 15) is 23.1 Å². The maximum absolute atomic E-state index is 14.0. The Hall–Kier alpha value is -2.83. The first-order chi connectivity index (χ1) is 16.6. The van der Waals surface area contributed by atoms with Gasteiger partial charge in [0, 0.05) is 55.0 Å². The van der Waals surface area contributed by atoms with Crippen LogP contribution in [0.4, 0.5) is 19.0 Å². The van der Waals surface area contributed by atoms with Gasteiger partial charge in [0.2, 0.25) is 5.91 Å². The molecule has 35 heavy (non-hydrogen) atoms. The van der Waals surface area contributed by atoms with Crippen LogP contribution in [0.3, 0.4) is 0 Å². The number of rotatable bonds is 6. The van der Waals surface area contributed by atoms with Crippen LogP contribution < -0.4 is 21.7 Å². The third-order valence-electron chi connectivity index (χ3n) is 6.27. The number of thioether (sulfide) groups is 1. The number of alkyl halides is 3. The summed E-state index contributed by atoms with van der Waals surface area (Å²) < 4.78 is 42.1. The fourth-order valence-corrected chi connectivity index (χ4v) is 5.37. The van der Waals surface area contributed by atoms with Crippen LogP contribution >= 0.6 is 11.8 Å². The second kappa shape index (κ2) is 10.4. The molecule has 2 aromatic heterocycles. The SMILES string of the molecule is NC(=O)C1=C(N)c2c(C(F)(F)F)cc(N3CCC(NCC(O)c4ccncc4)CC3)nc2SCC1. The smallest absolute Gasteiger partial charge is 0.398 e. The molecule has 4 rings (SSSR count). The molecule has 188 valence electrons. The van der Waals surface area contributed by atoms with Crippen LogP contribution in [0.25, 0.3) is 5.70 Å². The molecular weight excluding hydrogens is 481 g/mol. The molecule has 8 nitrogen and oxygen atoms in total. The number of aromatic nitrogens is 2. The van der Waals surface area contributed by atoms with Gasteiger partial charge in [-0.25, -0.2) is 4.98 Å². The number of pyridine rings is 2. The number of carbonyl (C=O) groups is 1. The second-order valence-corrected chi connectivity index (χ2v) is 9.61. The number of aliphatic hydroxyl groups excluding tert-OH is 1. The lowest BCUT2D eigenvalue weighted by molar-refractivity contribution is -0.138. The van der Waals surface area contributed by atoms with Gasteiger partial charge in [-0.05, 0) is 43.0 Å². The lowest BCUT2D eigenvalue weighted by Gasteiger charge is -2.34. The quantitative estimate of drug-likeness (QED) is 0.468. The van der Waals surface area contributed by atoms with Crippen molar-refractivity contribution >= 4 is 29.2 Å². The van der Waals surface area contributed by atoms with E-state index in [4.69, 9.17) is 11.5 Å². The van der Waals surface area contributed by atoms with Crippen molar-refractivity contribution in [1.82, 2.24) is 15.3 Å². The predicted octanol–water partition coefficient (Wildman–Crippen LogP) is 2.44. The Morgan fingerprint density at radius 2 is 1.97 bits per heavy atom. The summed E-state index contributed by atoms with van der Waals surface area (Å²) >= 11 is 1.14. The van der Waals surface area contributed by atoms with Crippen LogP contribution in [-0.2, 0) is 11.0 Å². The standard InChI is InChI=1S/C23H27F3N6O2S/c24-23(25,26)16-11-18(31-22-19(16)20(27)15(21(28)34)5-10-35-22)32-8-3-14(4-9-32)30-12-17(33)13-1-6-29-7-2-13/h1-2,6-7,11,14,17,30,33H,3-5,8-10,12,27H2,(H2,28,34). The van der Waals surface area contributed by atoms with Crippen molar-refractivity contribution in [3.05, 3.63) is 52.9 Å². The Labute approximate surface area is 205 Å². The van der Waals surface area contributed by atoms with Gasteiger partial charge in [0.1, 0.15) is 10.8 Å². The van der Waals surface area contributed by atoms with E-state index in [0.717, 1.165) is 23.4 Å². The summed E-state index contributed by atoms with van der Waals surface area (Å²) in [6, 6.07) is 4.64. The molecule has 1 amide bonds. The van der Waals surface area contributed by atoms with Crippen molar-refractivity contribution in [1.29, 1.82) is 0 Å². The van der Waals surface area contributed by atoms with E-state index in [0.29, 0.717) is 38.2 Å². The first-order valence-corrected chi connectivity index (χ1v) is 12.2. The van der Waals surface area contributed by atoms with Gasteiger partial charge in [-0.15, -0.1) is 11.8 Å². The molecule has 12 heteroatoms. The number of primary amides is 1. The number of nitrogens with one attached hydrogen (secondary N) is 1. The van der Waals surface area contributed by atoms with E-state index in [1.165, 1.54) is 0 Å². The van der Waals surface area contributed by atoms with E-state index in [2.05, 4.69) is 15.3 Å². The third-order valence-corrected chi connectivity index (χ3v) is 7.25. The van der Waals surface area contributed by atoms with Crippen molar-refractivity contribution in [3.63, 3.8) is 0 Å². The molecular formula is C23H27F3N6O2S. The molecule has 0 saturated carbocycles. The maximum Gasteiger partial charge on any atom is 0.417 e. The molecule has 2 aromatic rings. The first-order valence-electron chi connectivity index (χ1n) is 11.2. The summed E-state index contributed by atoms with van der Waals surface area (Å²) in [5, 5.41) is 13.8. The highest BCUT2D eigenvalue weighted by molar-refractivity contribution is 7.99. The van der Waals surface area contributed by atoms with Gasteiger partial charge >= 0.3 is 6.18 Å². The zero-order valence-corrected chi connectivity index (χ0v) is 19.7. The molecule has 0 radical (unpaired) electrons. The highest BCUT2D eigenvalue weighted by atomic mass is 32.2. The summed E-state index contributed by atoms with van der Waals surface area (Å²) in [6.07, 6.45) is -0.557. The molecule has 0 aliphatic carbocycles. The zero-order chi connectivity index (χ0) is 25.2. The summed E-state index contributed by atoms with van der Waals surface area (Å²) in [7, 11) is 0. The number of nitrogens with zero attached hydrogens (tertiary/aromatic N) is 3. The molecule has 0 bridgehead atoms. The number of aliphatic hydroxyl groups is 1. The monoisotopic (exact) mass is 508 g/mol. The molecule has 1 fully saturated rings. The Balaban J connectivity index is 1.50. The van der Waals surface area contributed by atoms with E-state index >= 15 is 0 Å². The maximum atomic E-state index is 14.0. The molecule has 2 aliphatic heterocycles. The van der Waals surface area contributed by atoms with Gasteiger partial charge in [-0.1, -0.05) is 0 Å². The van der Waals surface area contributed by atoms with E-state index in [1.54, 1.807) is 24.5 Å². The van der Waals surface area contributed by atoms with Gasteiger partial charge in [-0.2, -0.15) is 13.2 Å². The van der Waals surface area contributed by atoms with E-state index < -0.39 is 23.8 Å². The number of nitrogens with two attached hydrogens (primary N) is 2. The van der Waals surface area contributed by atoms with Crippen molar-refractivity contribution in [2.75, 3.05) is 30.3 Å². The van der Waals surface area contributed by atoms with E-state index in [-0.39, 0.29) is 40.1 Å². The fourth-order valence-electron chi connectivity index (χ4n) is 4.34. The number of hydrogen-bond donors (Lipinski definition) is 4. The molecule has 1 unspecified atom stereocenters. The summed E-state index contributed by atoms with van der Waals surface area (Å²) in [5.74, 6) is -0.239. The largest absolute Gasteiger partial charge is 0.417 e. The second-order valence-electron chi connectivity index (χ2n) is 8.53. The van der Waals surface area contributed by atoms with Crippen LogP contribution in [-0.4, -0.2) is 52.4 Å². The highest BCUT2D eigenvalue weighted by Crippen LogP contribution is 2.43. The number of hydrogen-bond acceptors (Lipinski definition) is 8. The number of carbonyl (C=O) groups excluding carboxylic acids is 1. The van der Waals surface area contributed by atoms with Gasteiger partial charge in [-0.3, -0.25) is 9.78 Å². The first kappa shape index (κ1) is 25.3. The average molecular weight is 509 g/mol. The van der Waals surface area contributed by atoms with Crippen LogP contribution in [0, 0.1) is 0 Å². The minimum absolute atomic E-state index is 0.00265. The Morgan fingerprint density at radius 1 is 1.29 bits per heavy atom. The summed E-state index contributed by atoms with van der Waals surface area (Å²) in [4.78, 5) is 22.0. The number of fused-ring (bicyclic) bond motifs is 1. The summed E-state index contributed by atoms with van der Waals surface area (Å²) in [5.41, 5.74) is 10.7. The lowest BCUT2D eigenvalue weighted by Crippen LogP contribution is -2.44. The molecule has 1 atom stereocenters. The van der Waals surface area contributed by atoms with Gasteiger partial charge in [0.25, 0.3) is 0 Å². The van der Waals surface area contributed by atoms with Crippen molar-refractivity contribution < 1.29 is 23.1 Å². The fraction of sp³-hybridized carbons (Fsp3) is 0.435. The Bertz CT molecular complexity index is 1100. The minimum atomic E-state index is -4.68. The Kier molecular flexibility index (Phi) is 7.53. The predicted molar refractivity (Wildman–Crippen MR) is 127 cm³/mol. The minimum Gasteiger partial charge on any atom is -0.398 e. The molecule has 2 aliphatic rings. The topological polar surface area (TPSA) is 130 Å².